The normalized spacial score (nSPS) is 49.5. The van der Waals surface area contributed by atoms with Crippen molar-refractivity contribution in [3.63, 3.8) is 0 Å². The lowest BCUT2D eigenvalue weighted by molar-refractivity contribution is -0.165. The summed E-state index contributed by atoms with van der Waals surface area (Å²) in [6.45, 7) is 5.36. The molecule has 1 aliphatic carbocycles. The molecule has 0 amide bonds. The Labute approximate surface area is 86.6 Å². The minimum atomic E-state index is -0.125. The number of aliphatic hydroxyl groups excluding tert-OH is 1. The van der Waals surface area contributed by atoms with Crippen LogP contribution < -0.4 is 0 Å². The van der Waals surface area contributed by atoms with Crippen LogP contribution in [0.4, 0.5) is 0 Å². The molecule has 82 valence electrons. The van der Waals surface area contributed by atoms with Gasteiger partial charge in [-0.05, 0) is 37.5 Å². The summed E-state index contributed by atoms with van der Waals surface area (Å²) in [6.07, 6.45) is 5.22. The largest absolute Gasteiger partial charge is 0.393 e. The number of rotatable bonds is 0. The van der Waals surface area contributed by atoms with Gasteiger partial charge in [0, 0.05) is 13.0 Å². The van der Waals surface area contributed by atoms with E-state index in [0.29, 0.717) is 5.92 Å². The molecule has 4 atom stereocenters. The first-order valence-corrected chi connectivity index (χ1v) is 5.94. The van der Waals surface area contributed by atoms with Crippen LogP contribution in [0.1, 0.15) is 46.0 Å². The van der Waals surface area contributed by atoms with Crippen molar-refractivity contribution >= 4 is 0 Å². The number of hydrogen-bond donors (Lipinski definition) is 1. The maximum atomic E-state index is 9.73. The van der Waals surface area contributed by atoms with Crippen molar-refractivity contribution in [3.05, 3.63) is 0 Å². The summed E-state index contributed by atoms with van der Waals surface area (Å²) in [4.78, 5) is 0. The van der Waals surface area contributed by atoms with Crippen molar-refractivity contribution in [2.75, 3.05) is 6.61 Å². The van der Waals surface area contributed by atoms with Gasteiger partial charge in [0.05, 0.1) is 11.7 Å². The summed E-state index contributed by atoms with van der Waals surface area (Å²) >= 11 is 0. The molecule has 0 aromatic heterocycles. The van der Waals surface area contributed by atoms with E-state index < -0.39 is 0 Å². The third kappa shape index (κ3) is 1.82. The minimum absolute atomic E-state index is 0.0180. The molecular weight excluding hydrogens is 176 g/mol. The molecule has 0 aromatic carbocycles. The zero-order valence-electron chi connectivity index (χ0n) is 9.33. The van der Waals surface area contributed by atoms with Gasteiger partial charge in [0.2, 0.25) is 0 Å². The molecule has 2 fully saturated rings. The lowest BCUT2D eigenvalue weighted by Gasteiger charge is -2.48. The van der Waals surface area contributed by atoms with Crippen molar-refractivity contribution in [3.8, 4) is 0 Å². The third-order valence-corrected chi connectivity index (χ3v) is 4.14. The lowest BCUT2D eigenvalue weighted by Crippen LogP contribution is -2.49. The topological polar surface area (TPSA) is 29.5 Å². The van der Waals surface area contributed by atoms with Gasteiger partial charge in [-0.2, -0.15) is 0 Å². The predicted octanol–water partition coefficient (Wildman–Crippen LogP) is 2.35. The van der Waals surface area contributed by atoms with E-state index in [0.717, 1.165) is 31.8 Å². The number of hydrogen-bond acceptors (Lipinski definition) is 2. The van der Waals surface area contributed by atoms with Crippen molar-refractivity contribution in [1.29, 1.82) is 0 Å². The summed E-state index contributed by atoms with van der Waals surface area (Å²) in [5, 5.41) is 9.73. The van der Waals surface area contributed by atoms with Gasteiger partial charge in [0.15, 0.2) is 0 Å². The van der Waals surface area contributed by atoms with E-state index in [4.69, 9.17) is 4.74 Å². The third-order valence-electron chi connectivity index (χ3n) is 4.14. The zero-order valence-corrected chi connectivity index (χ0v) is 9.33. The monoisotopic (exact) mass is 198 g/mol. The summed E-state index contributed by atoms with van der Waals surface area (Å²) in [7, 11) is 0. The fourth-order valence-corrected chi connectivity index (χ4v) is 3.15. The smallest absolute Gasteiger partial charge is 0.0732 e. The highest BCUT2D eigenvalue weighted by atomic mass is 16.5. The molecule has 1 heterocycles. The SMILES string of the molecule is CC1CCC2(CC(O)CCO2)C(C)C1. The highest BCUT2D eigenvalue weighted by Crippen LogP contribution is 2.44. The van der Waals surface area contributed by atoms with Crippen molar-refractivity contribution < 1.29 is 9.84 Å². The second kappa shape index (κ2) is 3.82. The quantitative estimate of drug-likeness (QED) is 0.647. The Morgan fingerprint density at radius 2 is 2.07 bits per heavy atom. The van der Waals surface area contributed by atoms with Gasteiger partial charge in [-0.1, -0.05) is 13.8 Å². The molecule has 2 aliphatic rings. The van der Waals surface area contributed by atoms with E-state index in [9.17, 15) is 5.11 Å². The van der Waals surface area contributed by atoms with Gasteiger partial charge in [-0.25, -0.2) is 0 Å². The summed E-state index contributed by atoms with van der Waals surface area (Å²) in [5.74, 6) is 1.44. The molecule has 2 nitrogen and oxygen atoms in total. The summed E-state index contributed by atoms with van der Waals surface area (Å²) in [5.41, 5.74) is 0.0180. The summed E-state index contributed by atoms with van der Waals surface area (Å²) < 4.78 is 5.98. The van der Waals surface area contributed by atoms with Gasteiger partial charge >= 0.3 is 0 Å². The Morgan fingerprint density at radius 3 is 2.71 bits per heavy atom. The first-order chi connectivity index (χ1) is 6.62. The first kappa shape index (κ1) is 10.4. The molecule has 14 heavy (non-hydrogen) atoms. The predicted molar refractivity (Wildman–Crippen MR) is 56.1 cm³/mol. The molecule has 1 saturated heterocycles. The number of aliphatic hydroxyl groups is 1. The Morgan fingerprint density at radius 1 is 1.29 bits per heavy atom. The van der Waals surface area contributed by atoms with Crippen LogP contribution in [-0.4, -0.2) is 23.4 Å². The lowest BCUT2D eigenvalue weighted by atomic mass is 9.69. The fourth-order valence-electron chi connectivity index (χ4n) is 3.15. The standard InChI is InChI=1S/C12H22O2/c1-9-3-5-12(10(2)7-9)8-11(13)4-6-14-12/h9-11,13H,3-8H2,1-2H3. The van der Waals surface area contributed by atoms with E-state index in [2.05, 4.69) is 13.8 Å². The van der Waals surface area contributed by atoms with E-state index >= 15 is 0 Å². The van der Waals surface area contributed by atoms with Crippen LogP contribution in [0.5, 0.6) is 0 Å². The molecule has 0 bridgehead atoms. The molecule has 4 unspecified atom stereocenters. The summed E-state index contributed by atoms with van der Waals surface area (Å²) in [6, 6.07) is 0. The van der Waals surface area contributed by atoms with E-state index in [-0.39, 0.29) is 11.7 Å². The Balaban J connectivity index is 2.06. The highest BCUT2D eigenvalue weighted by molar-refractivity contribution is 4.95. The fraction of sp³-hybridized carbons (Fsp3) is 1.00. The Kier molecular flexibility index (Phi) is 2.85. The number of ether oxygens (including phenoxy) is 1. The van der Waals surface area contributed by atoms with Gasteiger partial charge < -0.3 is 9.84 Å². The van der Waals surface area contributed by atoms with Gasteiger partial charge in [-0.3, -0.25) is 0 Å². The van der Waals surface area contributed by atoms with Crippen LogP contribution in [0.15, 0.2) is 0 Å². The van der Waals surface area contributed by atoms with Crippen molar-refractivity contribution in [1.82, 2.24) is 0 Å². The second-order valence-corrected chi connectivity index (χ2v) is 5.34. The maximum absolute atomic E-state index is 9.73. The van der Waals surface area contributed by atoms with Crippen LogP contribution in [0.3, 0.4) is 0 Å². The highest BCUT2D eigenvalue weighted by Gasteiger charge is 2.44. The molecule has 0 radical (unpaired) electrons. The van der Waals surface area contributed by atoms with Gasteiger partial charge in [0.1, 0.15) is 0 Å². The molecule has 1 spiro atoms. The average molecular weight is 198 g/mol. The van der Waals surface area contributed by atoms with Gasteiger partial charge in [-0.15, -0.1) is 0 Å². The van der Waals surface area contributed by atoms with E-state index in [1.165, 1.54) is 12.8 Å². The van der Waals surface area contributed by atoms with Crippen LogP contribution in [0.25, 0.3) is 0 Å². The minimum Gasteiger partial charge on any atom is -0.393 e. The van der Waals surface area contributed by atoms with E-state index in [1.807, 2.05) is 0 Å². The molecule has 2 heteroatoms. The average Bonchev–Trinajstić information content (AvgIpc) is 2.13. The van der Waals surface area contributed by atoms with Gasteiger partial charge in [0.25, 0.3) is 0 Å². The molecule has 1 aliphatic heterocycles. The van der Waals surface area contributed by atoms with Crippen molar-refractivity contribution in [2.45, 2.75) is 57.7 Å². The van der Waals surface area contributed by atoms with Crippen molar-refractivity contribution in [2.24, 2.45) is 11.8 Å². The molecule has 1 N–H and O–H groups in total. The first-order valence-electron chi connectivity index (χ1n) is 5.94. The second-order valence-electron chi connectivity index (χ2n) is 5.34. The van der Waals surface area contributed by atoms with Crippen LogP contribution >= 0.6 is 0 Å². The Bertz CT molecular complexity index is 204. The molecule has 0 aromatic rings. The maximum Gasteiger partial charge on any atom is 0.0732 e. The van der Waals surface area contributed by atoms with E-state index in [1.54, 1.807) is 0 Å². The molecular formula is C12H22O2. The van der Waals surface area contributed by atoms with Crippen LogP contribution in [0, 0.1) is 11.8 Å². The van der Waals surface area contributed by atoms with Crippen LogP contribution in [0.2, 0.25) is 0 Å². The Hall–Kier alpha value is -0.0800. The zero-order chi connectivity index (χ0) is 10.2. The molecule has 1 saturated carbocycles. The van der Waals surface area contributed by atoms with Crippen LogP contribution in [-0.2, 0) is 4.74 Å². The molecule has 2 rings (SSSR count).